The van der Waals surface area contributed by atoms with Crippen LogP contribution in [0.25, 0.3) is 0 Å². The summed E-state index contributed by atoms with van der Waals surface area (Å²) >= 11 is 0. The molecule has 5 nitrogen and oxygen atoms in total. The van der Waals surface area contributed by atoms with Crippen LogP contribution in [0.4, 0.5) is 0 Å². The topological polar surface area (TPSA) is 65.5 Å². The monoisotopic (exact) mass is 357 g/mol. The number of aromatic nitrogens is 1. The smallest absolute Gasteiger partial charge is 0.270 e. The van der Waals surface area contributed by atoms with E-state index in [4.69, 9.17) is 0 Å². The fourth-order valence-corrected chi connectivity index (χ4v) is 3.05. The lowest BCUT2D eigenvalue weighted by Crippen LogP contribution is -2.54. The minimum Gasteiger partial charge on any atom is -0.390 e. The number of carbonyl (C=O) groups is 1. The first-order valence-corrected chi connectivity index (χ1v) is 9.37. The van der Waals surface area contributed by atoms with E-state index in [0.717, 1.165) is 32.4 Å². The maximum Gasteiger partial charge on any atom is 0.270 e. The molecule has 1 saturated heterocycles. The van der Waals surface area contributed by atoms with Crippen molar-refractivity contribution < 1.29 is 9.90 Å². The molecule has 26 heavy (non-hydrogen) atoms. The van der Waals surface area contributed by atoms with E-state index in [-0.39, 0.29) is 11.9 Å². The Morgan fingerprint density at radius 3 is 2.81 bits per heavy atom. The van der Waals surface area contributed by atoms with Crippen molar-refractivity contribution in [3.63, 3.8) is 0 Å². The van der Waals surface area contributed by atoms with Gasteiger partial charge in [0.2, 0.25) is 0 Å². The summed E-state index contributed by atoms with van der Waals surface area (Å²) in [6, 6.07) is 5.02. The quantitative estimate of drug-likeness (QED) is 0.737. The number of hydrogen-bond donors (Lipinski definition) is 2. The van der Waals surface area contributed by atoms with Crippen LogP contribution in [0, 0.1) is 0 Å². The number of aliphatic hydroxyl groups excluding tert-OH is 1. The summed E-state index contributed by atoms with van der Waals surface area (Å²) in [7, 11) is 0. The van der Waals surface area contributed by atoms with Gasteiger partial charge in [-0.3, -0.25) is 14.7 Å². The Bertz CT molecular complexity index is 636. The van der Waals surface area contributed by atoms with E-state index in [9.17, 15) is 9.90 Å². The Morgan fingerprint density at radius 2 is 2.15 bits per heavy atom. The highest BCUT2D eigenvalue weighted by Crippen LogP contribution is 2.13. The molecule has 1 amide bonds. The average Bonchev–Trinajstić information content (AvgIpc) is 2.62. The zero-order chi connectivity index (χ0) is 18.9. The standard InChI is InChI=1S/C21H31N3O2/c1-16(2)7-6-8-17(3)10-13-24-14-11-18(20(25)15-24)23-21(26)19-9-4-5-12-22-19/h4-5,7,9-10,12,18,20,25H,6,8,11,13-15H2,1-3H3,(H,23,26). The number of piperidine rings is 1. The van der Waals surface area contributed by atoms with Gasteiger partial charge < -0.3 is 10.4 Å². The third-order valence-corrected chi connectivity index (χ3v) is 4.67. The normalized spacial score (nSPS) is 21.3. The van der Waals surface area contributed by atoms with Gasteiger partial charge in [-0.05, 0) is 52.2 Å². The van der Waals surface area contributed by atoms with Crippen LogP contribution >= 0.6 is 0 Å². The molecule has 0 aromatic carbocycles. The van der Waals surface area contributed by atoms with Crippen molar-refractivity contribution in [1.82, 2.24) is 15.2 Å². The van der Waals surface area contributed by atoms with Gasteiger partial charge in [-0.2, -0.15) is 0 Å². The van der Waals surface area contributed by atoms with E-state index in [1.54, 1.807) is 24.4 Å². The van der Waals surface area contributed by atoms with Crippen molar-refractivity contribution in [2.24, 2.45) is 0 Å². The second kappa shape index (κ2) is 10.2. The van der Waals surface area contributed by atoms with Crippen molar-refractivity contribution in [2.45, 2.75) is 52.2 Å². The minimum absolute atomic E-state index is 0.219. The van der Waals surface area contributed by atoms with E-state index < -0.39 is 6.10 Å². The van der Waals surface area contributed by atoms with Crippen LogP contribution in [0.1, 0.15) is 50.5 Å². The molecular formula is C21H31N3O2. The van der Waals surface area contributed by atoms with Gasteiger partial charge in [0.15, 0.2) is 0 Å². The highest BCUT2D eigenvalue weighted by atomic mass is 16.3. The SMILES string of the molecule is CC(C)=CCCC(C)=CCN1CCC(NC(=O)c2ccccn2)C(O)C1. The van der Waals surface area contributed by atoms with Gasteiger partial charge in [-0.25, -0.2) is 0 Å². The molecular weight excluding hydrogens is 326 g/mol. The molecule has 0 aliphatic carbocycles. The third kappa shape index (κ3) is 6.73. The molecule has 2 N–H and O–H groups in total. The molecule has 2 unspecified atom stereocenters. The molecule has 2 heterocycles. The van der Waals surface area contributed by atoms with Crippen LogP contribution in [0.2, 0.25) is 0 Å². The summed E-state index contributed by atoms with van der Waals surface area (Å²) in [6.45, 7) is 8.69. The molecule has 1 aromatic heterocycles. The molecule has 5 heteroatoms. The van der Waals surface area contributed by atoms with Crippen molar-refractivity contribution in [3.05, 3.63) is 53.4 Å². The van der Waals surface area contributed by atoms with Gasteiger partial charge in [-0.1, -0.05) is 29.4 Å². The Labute approximate surface area is 156 Å². The van der Waals surface area contributed by atoms with Crippen molar-refractivity contribution >= 4 is 5.91 Å². The number of rotatable bonds is 7. The Hall–Kier alpha value is -1.98. The second-order valence-electron chi connectivity index (χ2n) is 7.28. The molecule has 1 fully saturated rings. The number of aliphatic hydroxyl groups is 1. The summed E-state index contributed by atoms with van der Waals surface area (Å²) < 4.78 is 0. The summed E-state index contributed by atoms with van der Waals surface area (Å²) in [6.07, 6.45) is 8.44. The third-order valence-electron chi connectivity index (χ3n) is 4.67. The zero-order valence-corrected chi connectivity index (χ0v) is 16.1. The largest absolute Gasteiger partial charge is 0.390 e. The number of amides is 1. The van der Waals surface area contributed by atoms with Gasteiger partial charge in [0.25, 0.3) is 5.91 Å². The lowest BCUT2D eigenvalue weighted by molar-refractivity contribution is 0.0420. The number of pyridine rings is 1. The van der Waals surface area contributed by atoms with Crippen molar-refractivity contribution in [2.75, 3.05) is 19.6 Å². The lowest BCUT2D eigenvalue weighted by atomic mass is 10.0. The van der Waals surface area contributed by atoms with Crippen LogP contribution in [-0.2, 0) is 0 Å². The predicted octanol–water partition coefficient (Wildman–Crippen LogP) is 2.94. The van der Waals surface area contributed by atoms with Crippen molar-refractivity contribution in [3.8, 4) is 0 Å². The number of nitrogens with zero attached hydrogens (tertiary/aromatic N) is 2. The fraction of sp³-hybridized carbons (Fsp3) is 0.524. The van der Waals surface area contributed by atoms with Gasteiger partial charge in [0.1, 0.15) is 5.69 Å². The molecule has 0 spiro atoms. The molecule has 142 valence electrons. The predicted molar refractivity (Wildman–Crippen MR) is 105 cm³/mol. The van der Waals surface area contributed by atoms with E-state index in [2.05, 4.69) is 48.1 Å². The molecule has 2 rings (SSSR count). The van der Waals surface area contributed by atoms with Crippen molar-refractivity contribution in [1.29, 1.82) is 0 Å². The van der Waals surface area contributed by atoms with Crippen LogP contribution in [0.3, 0.4) is 0 Å². The first kappa shape index (κ1) is 20.3. The molecule has 0 saturated carbocycles. The lowest BCUT2D eigenvalue weighted by Gasteiger charge is -2.35. The number of carbonyl (C=O) groups excluding carboxylic acids is 1. The summed E-state index contributed by atoms with van der Waals surface area (Å²) in [5.41, 5.74) is 3.12. The van der Waals surface area contributed by atoms with Gasteiger partial charge in [-0.15, -0.1) is 0 Å². The second-order valence-corrected chi connectivity index (χ2v) is 7.28. The molecule has 0 bridgehead atoms. The van der Waals surface area contributed by atoms with Crippen LogP contribution in [0.5, 0.6) is 0 Å². The van der Waals surface area contributed by atoms with Gasteiger partial charge in [0.05, 0.1) is 12.1 Å². The van der Waals surface area contributed by atoms with E-state index >= 15 is 0 Å². The number of likely N-dealkylation sites (tertiary alicyclic amines) is 1. The minimum atomic E-state index is -0.559. The summed E-state index contributed by atoms with van der Waals surface area (Å²) in [5, 5.41) is 13.3. The highest BCUT2D eigenvalue weighted by Gasteiger charge is 2.28. The Balaban J connectivity index is 1.77. The summed E-state index contributed by atoms with van der Waals surface area (Å²) in [4.78, 5) is 18.5. The Kier molecular flexibility index (Phi) is 8.01. The number of hydrogen-bond acceptors (Lipinski definition) is 4. The highest BCUT2D eigenvalue weighted by molar-refractivity contribution is 5.92. The molecule has 1 aliphatic rings. The van der Waals surface area contributed by atoms with Gasteiger partial charge >= 0.3 is 0 Å². The number of allylic oxidation sites excluding steroid dienone is 3. The van der Waals surface area contributed by atoms with Crippen LogP contribution < -0.4 is 5.32 Å². The Morgan fingerprint density at radius 1 is 1.35 bits per heavy atom. The molecule has 1 aliphatic heterocycles. The molecule has 2 atom stereocenters. The molecule has 0 radical (unpaired) electrons. The van der Waals surface area contributed by atoms with Crippen LogP contribution in [0.15, 0.2) is 47.7 Å². The van der Waals surface area contributed by atoms with Gasteiger partial charge in [0, 0.05) is 25.8 Å². The first-order chi connectivity index (χ1) is 12.5. The maximum atomic E-state index is 12.2. The van der Waals surface area contributed by atoms with E-state index in [1.807, 2.05) is 0 Å². The van der Waals surface area contributed by atoms with Crippen LogP contribution in [-0.4, -0.2) is 52.7 Å². The average molecular weight is 357 g/mol. The van der Waals surface area contributed by atoms with E-state index in [1.165, 1.54) is 11.1 Å². The fourth-order valence-electron chi connectivity index (χ4n) is 3.05. The first-order valence-electron chi connectivity index (χ1n) is 9.37. The zero-order valence-electron chi connectivity index (χ0n) is 16.1. The summed E-state index contributed by atoms with van der Waals surface area (Å²) in [5.74, 6) is -0.224. The molecule has 1 aromatic rings. The number of nitrogens with one attached hydrogen (secondary N) is 1. The van der Waals surface area contributed by atoms with E-state index in [0.29, 0.717) is 12.2 Å². The number of β-amino-alcohol motifs (C(OH)–C–C–N with tert-alkyl or cyclic N) is 1. The maximum absolute atomic E-state index is 12.2.